The molecule has 0 saturated carbocycles. The summed E-state index contributed by atoms with van der Waals surface area (Å²) in [5.41, 5.74) is 4.42. The lowest BCUT2D eigenvalue weighted by molar-refractivity contribution is -0.384. The van der Waals surface area contributed by atoms with Crippen LogP contribution < -0.4 is 5.73 Å². The minimum Gasteiger partial charge on any atom is -0.378 e. The Bertz CT molecular complexity index is 671. The van der Waals surface area contributed by atoms with Gasteiger partial charge in [0.15, 0.2) is 0 Å². The van der Waals surface area contributed by atoms with Gasteiger partial charge in [-0.1, -0.05) is 12.1 Å². The molecule has 0 atom stereocenters. The van der Waals surface area contributed by atoms with Crippen molar-refractivity contribution in [2.45, 2.75) is 6.18 Å². The molecule has 0 spiro atoms. The van der Waals surface area contributed by atoms with Crippen LogP contribution in [0.25, 0.3) is 11.1 Å². The van der Waals surface area contributed by atoms with E-state index in [2.05, 4.69) is 4.98 Å². The molecule has 104 valence electrons. The average Bonchev–Trinajstić information content (AvgIpc) is 2.38. The van der Waals surface area contributed by atoms with Crippen molar-refractivity contribution in [2.24, 2.45) is 0 Å². The van der Waals surface area contributed by atoms with Crippen LogP contribution in [0.2, 0.25) is 0 Å². The van der Waals surface area contributed by atoms with E-state index in [0.717, 1.165) is 18.2 Å². The number of alkyl halides is 3. The second-order valence-electron chi connectivity index (χ2n) is 3.96. The van der Waals surface area contributed by atoms with Crippen LogP contribution in [0.15, 0.2) is 36.5 Å². The minimum atomic E-state index is -4.48. The summed E-state index contributed by atoms with van der Waals surface area (Å²) in [6.07, 6.45) is -3.29. The Hall–Kier alpha value is -2.64. The monoisotopic (exact) mass is 283 g/mol. The van der Waals surface area contributed by atoms with Gasteiger partial charge in [0.05, 0.1) is 10.5 Å². The highest BCUT2D eigenvalue weighted by Gasteiger charge is 2.30. The first-order valence-electron chi connectivity index (χ1n) is 5.36. The fourth-order valence-electron chi connectivity index (χ4n) is 1.64. The molecule has 0 aliphatic heterocycles. The number of rotatable bonds is 2. The Kier molecular flexibility index (Phi) is 3.31. The van der Waals surface area contributed by atoms with Crippen LogP contribution in [0, 0.1) is 10.1 Å². The predicted molar refractivity (Wildman–Crippen MR) is 65.7 cm³/mol. The lowest BCUT2D eigenvalue weighted by Gasteiger charge is -2.08. The fraction of sp³-hybridized carbons (Fsp3) is 0.0833. The first-order chi connectivity index (χ1) is 9.29. The number of nitrogen functional groups attached to an aromatic ring is 1. The van der Waals surface area contributed by atoms with E-state index in [1.807, 2.05) is 0 Å². The van der Waals surface area contributed by atoms with Gasteiger partial charge in [0.1, 0.15) is 0 Å². The number of aromatic nitrogens is 1. The first kappa shape index (κ1) is 13.8. The zero-order valence-electron chi connectivity index (χ0n) is 9.89. The molecule has 1 aromatic carbocycles. The molecule has 0 fully saturated rings. The van der Waals surface area contributed by atoms with Gasteiger partial charge >= 0.3 is 11.9 Å². The summed E-state index contributed by atoms with van der Waals surface area (Å²) in [4.78, 5) is 13.6. The number of pyridine rings is 1. The van der Waals surface area contributed by atoms with Crippen molar-refractivity contribution in [3.8, 4) is 11.1 Å². The van der Waals surface area contributed by atoms with E-state index in [1.54, 1.807) is 0 Å². The Balaban J connectivity index is 2.52. The highest BCUT2D eigenvalue weighted by molar-refractivity contribution is 5.69. The molecular formula is C12H8F3N3O2. The van der Waals surface area contributed by atoms with E-state index >= 15 is 0 Å². The van der Waals surface area contributed by atoms with E-state index in [4.69, 9.17) is 5.73 Å². The molecular weight excluding hydrogens is 275 g/mol. The van der Waals surface area contributed by atoms with Gasteiger partial charge in [0.2, 0.25) is 5.82 Å². The summed E-state index contributed by atoms with van der Waals surface area (Å²) in [7, 11) is 0. The predicted octanol–water partition coefficient (Wildman–Crippen LogP) is 3.26. The molecule has 5 nitrogen and oxygen atoms in total. The lowest BCUT2D eigenvalue weighted by Crippen LogP contribution is -2.04. The van der Waals surface area contributed by atoms with E-state index in [9.17, 15) is 23.3 Å². The Labute approximate surface area is 111 Å². The molecule has 2 aromatic rings. The minimum absolute atomic E-state index is 0.176. The third kappa shape index (κ3) is 2.68. The topological polar surface area (TPSA) is 82.0 Å². The van der Waals surface area contributed by atoms with Crippen molar-refractivity contribution in [1.82, 2.24) is 4.98 Å². The first-order valence-corrected chi connectivity index (χ1v) is 5.36. The summed E-state index contributed by atoms with van der Waals surface area (Å²) in [6.45, 7) is 0. The second kappa shape index (κ2) is 4.80. The second-order valence-corrected chi connectivity index (χ2v) is 3.96. The molecule has 0 saturated heterocycles. The smallest absolute Gasteiger partial charge is 0.378 e. The van der Waals surface area contributed by atoms with Crippen LogP contribution in [-0.4, -0.2) is 9.91 Å². The summed E-state index contributed by atoms with van der Waals surface area (Å²) >= 11 is 0. The molecule has 2 N–H and O–H groups in total. The number of hydrogen-bond acceptors (Lipinski definition) is 4. The maximum absolute atomic E-state index is 12.6. The van der Waals surface area contributed by atoms with Crippen LogP contribution in [-0.2, 0) is 6.18 Å². The Morgan fingerprint density at radius 1 is 1.20 bits per heavy atom. The van der Waals surface area contributed by atoms with E-state index in [0.29, 0.717) is 0 Å². The van der Waals surface area contributed by atoms with Crippen LogP contribution in [0.4, 0.5) is 24.7 Å². The van der Waals surface area contributed by atoms with Gasteiger partial charge < -0.3 is 5.73 Å². The van der Waals surface area contributed by atoms with E-state index in [1.165, 1.54) is 18.3 Å². The number of anilines is 1. The van der Waals surface area contributed by atoms with Gasteiger partial charge in [-0.2, -0.15) is 13.2 Å². The van der Waals surface area contributed by atoms with Gasteiger partial charge in [-0.05, 0) is 17.7 Å². The fourth-order valence-corrected chi connectivity index (χ4v) is 1.64. The summed E-state index contributed by atoms with van der Waals surface area (Å²) in [5, 5.41) is 10.7. The van der Waals surface area contributed by atoms with Crippen molar-refractivity contribution in [3.63, 3.8) is 0 Å². The zero-order chi connectivity index (χ0) is 14.9. The van der Waals surface area contributed by atoms with Gasteiger partial charge in [-0.25, -0.2) is 4.98 Å². The number of hydrogen-bond donors (Lipinski definition) is 1. The van der Waals surface area contributed by atoms with Crippen molar-refractivity contribution in [1.29, 1.82) is 0 Å². The maximum atomic E-state index is 12.6. The molecule has 8 heteroatoms. The van der Waals surface area contributed by atoms with Crippen molar-refractivity contribution in [3.05, 3.63) is 52.2 Å². The largest absolute Gasteiger partial charge is 0.416 e. The number of nitrogens with zero attached hydrogens (tertiary/aromatic N) is 2. The Morgan fingerprint density at radius 2 is 1.90 bits per heavy atom. The molecule has 1 heterocycles. The van der Waals surface area contributed by atoms with Gasteiger partial charge in [0, 0.05) is 17.8 Å². The summed E-state index contributed by atoms with van der Waals surface area (Å²) < 4.78 is 37.8. The molecule has 0 amide bonds. The van der Waals surface area contributed by atoms with Crippen molar-refractivity contribution >= 4 is 11.5 Å². The SMILES string of the molecule is Nc1ncc(-c2cccc(C(F)(F)F)c2)cc1[N+](=O)[O-]. The normalized spacial score (nSPS) is 11.3. The molecule has 0 aliphatic rings. The van der Waals surface area contributed by atoms with Crippen LogP contribution in [0.3, 0.4) is 0 Å². The van der Waals surface area contributed by atoms with Crippen molar-refractivity contribution < 1.29 is 18.1 Å². The number of nitrogens with two attached hydrogens (primary N) is 1. The molecule has 0 unspecified atom stereocenters. The zero-order valence-corrected chi connectivity index (χ0v) is 9.89. The van der Waals surface area contributed by atoms with Gasteiger partial charge in [-0.15, -0.1) is 0 Å². The summed E-state index contributed by atoms with van der Waals surface area (Å²) in [6, 6.07) is 5.55. The van der Waals surface area contributed by atoms with Crippen LogP contribution >= 0.6 is 0 Å². The third-order valence-electron chi connectivity index (χ3n) is 2.62. The average molecular weight is 283 g/mol. The number of halogens is 3. The molecule has 0 radical (unpaired) electrons. The van der Waals surface area contributed by atoms with Crippen molar-refractivity contribution in [2.75, 3.05) is 5.73 Å². The quantitative estimate of drug-likeness (QED) is 0.677. The van der Waals surface area contributed by atoms with Gasteiger partial charge in [-0.3, -0.25) is 10.1 Å². The standard InChI is InChI=1S/C12H8F3N3O2/c13-12(14,15)9-3-1-2-7(4-9)8-5-10(18(19)20)11(16)17-6-8/h1-6H,(H2,16,17). The highest BCUT2D eigenvalue weighted by Crippen LogP contribution is 2.33. The van der Waals surface area contributed by atoms with Crippen LogP contribution in [0.1, 0.15) is 5.56 Å². The molecule has 20 heavy (non-hydrogen) atoms. The molecule has 0 bridgehead atoms. The molecule has 1 aromatic heterocycles. The highest BCUT2D eigenvalue weighted by atomic mass is 19.4. The maximum Gasteiger partial charge on any atom is 0.416 e. The summed E-state index contributed by atoms with van der Waals surface area (Å²) in [5.74, 6) is -0.286. The third-order valence-corrected chi connectivity index (χ3v) is 2.62. The molecule has 2 rings (SSSR count). The van der Waals surface area contributed by atoms with E-state index in [-0.39, 0.29) is 16.9 Å². The lowest BCUT2D eigenvalue weighted by atomic mass is 10.0. The van der Waals surface area contributed by atoms with Gasteiger partial charge in [0.25, 0.3) is 0 Å². The number of nitro groups is 1. The Morgan fingerprint density at radius 3 is 2.50 bits per heavy atom. The number of benzene rings is 1. The van der Waals surface area contributed by atoms with Crippen LogP contribution in [0.5, 0.6) is 0 Å². The molecule has 0 aliphatic carbocycles. The van der Waals surface area contributed by atoms with E-state index < -0.39 is 22.4 Å².